The lowest BCUT2D eigenvalue weighted by atomic mass is 10.2. The maximum absolute atomic E-state index is 12.0. The molecule has 0 saturated heterocycles. The summed E-state index contributed by atoms with van der Waals surface area (Å²) in [6, 6.07) is 10.9. The SMILES string of the molecule is O=C(/C=C/c1cccs1)c1cc2cc(Cl)ccc2o1. The van der Waals surface area contributed by atoms with Gasteiger partial charge in [0.05, 0.1) is 0 Å². The zero-order valence-corrected chi connectivity index (χ0v) is 11.4. The quantitative estimate of drug-likeness (QED) is 0.499. The molecule has 2 aromatic heterocycles. The van der Waals surface area contributed by atoms with Crippen LogP contribution < -0.4 is 0 Å². The van der Waals surface area contributed by atoms with Crippen LogP contribution in [0.2, 0.25) is 5.02 Å². The summed E-state index contributed by atoms with van der Waals surface area (Å²) < 4.78 is 5.50. The minimum Gasteiger partial charge on any atom is -0.453 e. The first kappa shape index (κ1) is 12.2. The van der Waals surface area contributed by atoms with Crippen molar-refractivity contribution in [1.82, 2.24) is 0 Å². The van der Waals surface area contributed by atoms with E-state index in [-0.39, 0.29) is 5.78 Å². The highest BCUT2D eigenvalue weighted by molar-refractivity contribution is 7.10. The molecule has 2 nitrogen and oxygen atoms in total. The van der Waals surface area contributed by atoms with Crippen molar-refractivity contribution in [2.75, 3.05) is 0 Å². The van der Waals surface area contributed by atoms with Crippen LogP contribution in [0.25, 0.3) is 17.0 Å². The average molecular weight is 289 g/mol. The fourth-order valence-electron chi connectivity index (χ4n) is 1.76. The minimum atomic E-state index is -0.152. The van der Waals surface area contributed by atoms with Gasteiger partial charge in [-0.2, -0.15) is 0 Å². The van der Waals surface area contributed by atoms with Crippen LogP contribution in [-0.4, -0.2) is 5.78 Å². The highest BCUT2D eigenvalue weighted by atomic mass is 35.5. The van der Waals surface area contributed by atoms with Crippen molar-refractivity contribution in [3.05, 3.63) is 63.5 Å². The van der Waals surface area contributed by atoms with Gasteiger partial charge in [-0.25, -0.2) is 0 Å². The van der Waals surface area contributed by atoms with Crippen LogP contribution in [-0.2, 0) is 0 Å². The number of ketones is 1. The molecule has 0 saturated carbocycles. The minimum absolute atomic E-state index is 0.152. The molecule has 0 aliphatic heterocycles. The van der Waals surface area contributed by atoms with Crippen LogP contribution in [0.3, 0.4) is 0 Å². The topological polar surface area (TPSA) is 30.2 Å². The first-order chi connectivity index (χ1) is 9.22. The van der Waals surface area contributed by atoms with Crippen molar-refractivity contribution in [3.63, 3.8) is 0 Å². The Bertz CT molecular complexity index is 754. The number of rotatable bonds is 3. The highest BCUT2D eigenvalue weighted by Gasteiger charge is 2.09. The zero-order chi connectivity index (χ0) is 13.2. The van der Waals surface area contributed by atoms with Gasteiger partial charge < -0.3 is 4.42 Å². The Morgan fingerprint density at radius 1 is 1.26 bits per heavy atom. The number of carbonyl (C=O) groups is 1. The maximum Gasteiger partial charge on any atom is 0.221 e. The van der Waals surface area contributed by atoms with Gasteiger partial charge in [-0.1, -0.05) is 17.7 Å². The molecule has 0 N–H and O–H groups in total. The predicted molar refractivity (Wildman–Crippen MR) is 78.9 cm³/mol. The van der Waals surface area contributed by atoms with Gasteiger partial charge in [0.15, 0.2) is 5.76 Å². The average Bonchev–Trinajstić information content (AvgIpc) is 3.04. The fourth-order valence-corrected chi connectivity index (χ4v) is 2.56. The van der Waals surface area contributed by atoms with E-state index in [9.17, 15) is 4.79 Å². The number of furan rings is 1. The van der Waals surface area contributed by atoms with Crippen LogP contribution in [0, 0.1) is 0 Å². The van der Waals surface area contributed by atoms with E-state index in [0.29, 0.717) is 16.4 Å². The number of fused-ring (bicyclic) bond motifs is 1. The van der Waals surface area contributed by atoms with E-state index in [1.165, 1.54) is 6.08 Å². The van der Waals surface area contributed by atoms with Gasteiger partial charge in [0.1, 0.15) is 5.58 Å². The summed E-state index contributed by atoms with van der Waals surface area (Å²) in [5.74, 6) is 0.172. The van der Waals surface area contributed by atoms with Crippen LogP contribution in [0.15, 0.2) is 52.3 Å². The first-order valence-corrected chi connectivity index (χ1v) is 6.93. The molecule has 0 aliphatic carbocycles. The number of allylic oxidation sites excluding steroid dienone is 1. The second-order valence-corrected chi connectivity index (χ2v) is 5.42. The largest absolute Gasteiger partial charge is 0.453 e. The molecule has 0 bridgehead atoms. The maximum atomic E-state index is 12.0. The van der Waals surface area contributed by atoms with E-state index >= 15 is 0 Å². The van der Waals surface area contributed by atoms with Gasteiger partial charge in [-0.15, -0.1) is 11.3 Å². The third-order valence-electron chi connectivity index (χ3n) is 2.66. The normalized spacial score (nSPS) is 11.4. The molecular weight excluding hydrogens is 280 g/mol. The van der Waals surface area contributed by atoms with E-state index in [4.69, 9.17) is 16.0 Å². The smallest absolute Gasteiger partial charge is 0.221 e. The Morgan fingerprint density at radius 2 is 2.16 bits per heavy atom. The van der Waals surface area contributed by atoms with Crippen molar-refractivity contribution < 1.29 is 9.21 Å². The lowest BCUT2D eigenvalue weighted by Gasteiger charge is -1.88. The summed E-state index contributed by atoms with van der Waals surface area (Å²) in [6.45, 7) is 0. The number of benzene rings is 1. The van der Waals surface area contributed by atoms with Crippen LogP contribution >= 0.6 is 22.9 Å². The molecule has 2 heterocycles. The molecule has 4 heteroatoms. The molecule has 0 spiro atoms. The van der Waals surface area contributed by atoms with E-state index in [0.717, 1.165) is 10.3 Å². The third-order valence-corrected chi connectivity index (χ3v) is 3.74. The second-order valence-electron chi connectivity index (χ2n) is 4.01. The summed E-state index contributed by atoms with van der Waals surface area (Å²) in [5.41, 5.74) is 0.664. The van der Waals surface area contributed by atoms with Crippen molar-refractivity contribution in [1.29, 1.82) is 0 Å². The van der Waals surface area contributed by atoms with Crippen molar-refractivity contribution >= 4 is 45.8 Å². The van der Waals surface area contributed by atoms with Gasteiger partial charge >= 0.3 is 0 Å². The molecule has 0 radical (unpaired) electrons. The molecule has 0 atom stereocenters. The van der Waals surface area contributed by atoms with Crippen molar-refractivity contribution in [2.24, 2.45) is 0 Å². The Hall–Kier alpha value is -1.84. The molecule has 3 rings (SSSR count). The molecule has 0 amide bonds. The molecule has 0 unspecified atom stereocenters. The summed E-state index contributed by atoms with van der Waals surface area (Å²) in [5, 5.41) is 3.43. The second kappa shape index (κ2) is 5.03. The molecule has 1 aromatic carbocycles. The van der Waals surface area contributed by atoms with E-state index < -0.39 is 0 Å². The lowest BCUT2D eigenvalue weighted by Crippen LogP contribution is -1.89. The van der Waals surface area contributed by atoms with Gasteiger partial charge in [0.2, 0.25) is 5.78 Å². The molecular formula is C15H9ClO2S. The number of halogens is 1. The monoisotopic (exact) mass is 288 g/mol. The predicted octanol–water partition coefficient (Wildman–Crippen LogP) is 5.04. The van der Waals surface area contributed by atoms with E-state index in [1.54, 1.807) is 41.7 Å². The molecule has 94 valence electrons. The molecule has 19 heavy (non-hydrogen) atoms. The fraction of sp³-hybridized carbons (Fsp3) is 0. The summed E-state index contributed by atoms with van der Waals surface area (Å²) >= 11 is 7.48. The number of hydrogen-bond acceptors (Lipinski definition) is 3. The van der Waals surface area contributed by atoms with Crippen LogP contribution in [0.1, 0.15) is 15.4 Å². The Morgan fingerprint density at radius 3 is 2.95 bits per heavy atom. The Kier molecular flexibility index (Phi) is 3.23. The van der Waals surface area contributed by atoms with Crippen LogP contribution in [0.4, 0.5) is 0 Å². The highest BCUT2D eigenvalue weighted by Crippen LogP contribution is 2.23. The Labute approximate surface area is 118 Å². The lowest BCUT2D eigenvalue weighted by molar-refractivity contribution is 0.102. The summed E-state index contributed by atoms with van der Waals surface area (Å²) in [6.07, 6.45) is 3.30. The number of hydrogen-bond donors (Lipinski definition) is 0. The van der Waals surface area contributed by atoms with E-state index in [1.807, 2.05) is 17.5 Å². The zero-order valence-electron chi connectivity index (χ0n) is 9.80. The third kappa shape index (κ3) is 2.62. The van der Waals surface area contributed by atoms with Gasteiger partial charge in [-0.05, 0) is 47.9 Å². The molecule has 0 aliphatic rings. The van der Waals surface area contributed by atoms with Gasteiger partial charge in [-0.3, -0.25) is 4.79 Å². The number of carbonyl (C=O) groups excluding carboxylic acids is 1. The van der Waals surface area contributed by atoms with Gasteiger partial charge in [0.25, 0.3) is 0 Å². The van der Waals surface area contributed by atoms with Crippen molar-refractivity contribution in [3.8, 4) is 0 Å². The Balaban J connectivity index is 1.89. The molecule has 3 aromatic rings. The standard InChI is InChI=1S/C15H9ClO2S/c16-11-3-6-14-10(8-11)9-15(18-14)13(17)5-4-12-2-1-7-19-12/h1-9H/b5-4+. The van der Waals surface area contributed by atoms with Crippen LogP contribution in [0.5, 0.6) is 0 Å². The summed E-state index contributed by atoms with van der Waals surface area (Å²) in [4.78, 5) is 13.0. The molecule has 0 fully saturated rings. The summed E-state index contributed by atoms with van der Waals surface area (Å²) in [7, 11) is 0. The van der Waals surface area contributed by atoms with E-state index in [2.05, 4.69) is 0 Å². The van der Waals surface area contributed by atoms with Gasteiger partial charge in [0, 0.05) is 15.3 Å². The number of thiophene rings is 1. The van der Waals surface area contributed by atoms with Crippen molar-refractivity contribution in [2.45, 2.75) is 0 Å². The first-order valence-electron chi connectivity index (χ1n) is 5.67.